The summed E-state index contributed by atoms with van der Waals surface area (Å²) in [4.78, 5) is 0. The van der Waals surface area contributed by atoms with Crippen LogP contribution in [0.15, 0.2) is 18.2 Å². The van der Waals surface area contributed by atoms with Gasteiger partial charge < -0.3 is 19.7 Å². The van der Waals surface area contributed by atoms with E-state index >= 15 is 0 Å². The Kier molecular flexibility index (Phi) is 4.13. The van der Waals surface area contributed by atoms with Crippen LogP contribution in [-0.2, 0) is 0 Å². The second-order valence-corrected chi connectivity index (χ2v) is 5.74. The maximum Gasteiger partial charge on any atom is 0.161 e. The molecule has 2 N–H and O–H groups in total. The highest BCUT2D eigenvalue weighted by Crippen LogP contribution is 2.36. The Morgan fingerprint density at radius 2 is 1.65 bits per heavy atom. The van der Waals surface area contributed by atoms with Gasteiger partial charge in [-0.1, -0.05) is 25.3 Å². The van der Waals surface area contributed by atoms with Crippen molar-refractivity contribution in [3.8, 4) is 11.5 Å². The Bertz CT molecular complexity index is 454. The third-order valence-corrected chi connectivity index (χ3v) is 4.36. The van der Waals surface area contributed by atoms with Crippen LogP contribution >= 0.6 is 0 Å². The maximum absolute atomic E-state index is 10.4. The predicted octanol–water partition coefficient (Wildman–Crippen LogP) is 2.43. The predicted molar refractivity (Wildman–Crippen MR) is 75.0 cm³/mol. The van der Waals surface area contributed by atoms with E-state index in [-0.39, 0.29) is 5.92 Å². The van der Waals surface area contributed by atoms with Gasteiger partial charge >= 0.3 is 0 Å². The van der Waals surface area contributed by atoms with Crippen LogP contribution in [0, 0.1) is 5.92 Å². The molecule has 4 nitrogen and oxygen atoms in total. The summed E-state index contributed by atoms with van der Waals surface area (Å²) in [6, 6.07) is 5.40. The molecule has 0 bridgehead atoms. The number of rotatable bonds is 3. The number of hydrogen-bond donors (Lipinski definition) is 2. The third-order valence-electron chi connectivity index (χ3n) is 4.36. The van der Waals surface area contributed by atoms with E-state index in [0.29, 0.717) is 30.3 Å². The Balaban J connectivity index is 1.74. The van der Waals surface area contributed by atoms with Crippen LogP contribution in [0.25, 0.3) is 0 Å². The minimum absolute atomic E-state index is 0.201. The molecule has 1 aromatic carbocycles. The molecule has 2 aliphatic rings. The summed E-state index contributed by atoms with van der Waals surface area (Å²) in [5.74, 6) is 1.56. The highest BCUT2D eigenvalue weighted by atomic mass is 16.6. The summed E-state index contributed by atoms with van der Waals surface area (Å²) < 4.78 is 11.0. The average Bonchev–Trinajstić information content (AvgIpc) is 2.54. The average molecular weight is 278 g/mol. The van der Waals surface area contributed by atoms with Gasteiger partial charge in [0.1, 0.15) is 19.3 Å². The second-order valence-electron chi connectivity index (χ2n) is 5.74. The molecular weight excluding hydrogens is 256 g/mol. The smallest absolute Gasteiger partial charge is 0.161 e. The van der Waals surface area contributed by atoms with Crippen molar-refractivity contribution in [3.63, 3.8) is 0 Å². The van der Waals surface area contributed by atoms with E-state index < -0.39 is 12.2 Å². The lowest BCUT2D eigenvalue weighted by atomic mass is 9.82. The van der Waals surface area contributed by atoms with Gasteiger partial charge in [0.25, 0.3) is 0 Å². The van der Waals surface area contributed by atoms with E-state index in [2.05, 4.69) is 0 Å². The Labute approximate surface area is 119 Å². The van der Waals surface area contributed by atoms with Crippen molar-refractivity contribution in [2.45, 2.75) is 44.3 Å². The first kappa shape index (κ1) is 13.7. The van der Waals surface area contributed by atoms with Crippen LogP contribution in [-0.4, -0.2) is 29.5 Å². The van der Waals surface area contributed by atoms with Crippen LogP contribution in [0.5, 0.6) is 11.5 Å². The van der Waals surface area contributed by atoms with Crippen molar-refractivity contribution in [2.75, 3.05) is 13.2 Å². The number of fused-ring (bicyclic) bond motifs is 1. The SMILES string of the molecule is OC(c1ccc2c(c1)OCCO2)C(O)C1CCCCC1. The van der Waals surface area contributed by atoms with Crippen molar-refractivity contribution in [3.05, 3.63) is 23.8 Å². The zero-order chi connectivity index (χ0) is 13.9. The number of hydrogen-bond acceptors (Lipinski definition) is 4. The first-order chi connectivity index (χ1) is 9.75. The molecule has 1 aliphatic carbocycles. The minimum Gasteiger partial charge on any atom is -0.486 e. The van der Waals surface area contributed by atoms with Gasteiger partial charge in [0, 0.05) is 0 Å². The van der Waals surface area contributed by atoms with Crippen LogP contribution in [0.4, 0.5) is 0 Å². The first-order valence-corrected chi connectivity index (χ1v) is 7.51. The van der Waals surface area contributed by atoms with Gasteiger partial charge in [-0.2, -0.15) is 0 Å². The molecule has 0 saturated heterocycles. The Morgan fingerprint density at radius 1 is 0.950 bits per heavy atom. The number of aliphatic hydroxyl groups is 2. The molecule has 1 heterocycles. The Morgan fingerprint density at radius 3 is 2.40 bits per heavy atom. The number of aliphatic hydroxyl groups excluding tert-OH is 2. The lowest BCUT2D eigenvalue weighted by Crippen LogP contribution is -2.29. The van der Waals surface area contributed by atoms with E-state index in [4.69, 9.17) is 9.47 Å². The first-order valence-electron chi connectivity index (χ1n) is 7.51. The quantitative estimate of drug-likeness (QED) is 0.891. The van der Waals surface area contributed by atoms with Crippen LogP contribution in [0.1, 0.15) is 43.8 Å². The molecule has 2 unspecified atom stereocenters. The zero-order valence-corrected chi connectivity index (χ0v) is 11.6. The van der Waals surface area contributed by atoms with Gasteiger partial charge in [0.2, 0.25) is 0 Å². The van der Waals surface area contributed by atoms with Crippen molar-refractivity contribution in [1.82, 2.24) is 0 Å². The lowest BCUT2D eigenvalue weighted by Gasteiger charge is -2.30. The van der Waals surface area contributed by atoms with E-state index in [0.717, 1.165) is 25.7 Å². The fraction of sp³-hybridized carbons (Fsp3) is 0.625. The molecular formula is C16H22O4. The molecule has 2 atom stereocenters. The van der Waals surface area contributed by atoms with Crippen LogP contribution in [0.3, 0.4) is 0 Å². The van der Waals surface area contributed by atoms with Crippen molar-refractivity contribution in [2.24, 2.45) is 5.92 Å². The second kappa shape index (κ2) is 6.02. The molecule has 110 valence electrons. The molecule has 3 rings (SSSR count). The normalized spacial score (nSPS) is 22.3. The summed E-state index contributed by atoms with van der Waals surface area (Å²) >= 11 is 0. The molecule has 1 aromatic rings. The number of ether oxygens (including phenoxy) is 2. The van der Waals surface area contributed by atoms with Gasteiger partial charge in [0.05, 0.1) is 6.10 Å². The van der Waals surface area contributed by atoms with E-state index in [9.17, 15) is 10.2 Å². The Hall–Kier alpha value is -1.26. The molecule has 1 aliphatic heterocycles. The maximum atomic E-state index is 10.4. The summed E-state index contributed by atoms with van der Waals surface area (Å²) in [7, 11) is 0. The van der Waals surface area contributed by atoms with Gasteiger partial charge in [-0.05, 0) is 36.5 Å². The van der Waals surface area contributed by atoms with Crippen molar-refractivity contribution < 1.29 is 19.7 Å². The molecule has 0 amide bonds. The van der Waals surface area contributed by atoms with E-state index in [1.54, 1.807) is 12.1 Å². The molecule has 20 heavy (non-hydrogen) atoms. The van der Waals surface area contributed by atoms with Crippen LogP contribution < -0.4 is 9.47 Å². The van der Waals surface area contributed by atoms with Crippen molar-refractivity contribution in [1.29, 1.82) is 0 Å². The molecule has 0 aromatic heterocycles. The minimum atomic E-state index is -0.853. The lowest BCUT2D eigenvalue weighted by molar-refractivity contribution is -0.0287. The van der Waals surface area contributed by atoms with Gasteiger partial charge in [-0.15, -0.1) is 0 Å². The summed E-state index contributed by atoms with van der Waals surface area (Å²) in [5.41, 5.74) is 0.701. The third kappa shape index (κ3) is 2.76. The van der Waals surface area contributed by atoms with Gasteiger partial charge in [0.15, 0.2) is 11.5 Å². The topological polar surface area (TPSA) is 58.9 Å². The fourth-order valence-electron chi connectivity index (χ4n) is 3.17. The zero-order valence-electron chi connectivity index (χ0n) is 11.6. The molecule has 1 saturated carbocycles. The van der Waals surface area contributed by atoms with Gasteiger partial charge in [-0.25, -0.2) is 0 Å². The summed E-state index contributed by atoms with van der Waals surface area (Å²) in [5, 5.41) is 20.8. The molecule has 0 spiro atoms. The molecule has 0 radical (unpaired) electrons. The largest absolute Gasteiger partial charge is 0.486 e. The van der Waals surface area contributed by atoms with Gasteiger partial charge in [-0.3, -0.25) is 0 Å². The molecule has 4 heteroatoms. The highest BCUT2D eigenvalue weighted by Gasteiger charge is 2.29. The number of benzene rings is 1. The van der Waals surface area contributed by atoms with Crippen LogP contribution in [0.2, 0.25) is 0 Å². The van der Waals surface area contributed by atoms with E-state index in [1.807, 2.05) is 6.07 Å². The summed E-state index contributed by atoms with van der Waals surface area (Å²) in [6.45, 7) is 1.08. The standard InChI is InChI=1S/C16H22O4/c17-15(11-4-2-1-3-5-11)16(18)12-6-7-13-14(10-12)20-9-8-19-13/h6-7,10-11,15-18H,1-5,8-9H2. The summed E-state index contributed by atoms with van der Waals surface area (Å²) in [6.07, 6.45) is 3.99. The van der Waals surface area contributed by atoms with E-state index in [1.165, 1.54) is 6.42 Å². The highest BCUT2D eigenvalue weighted by molar-refractivity contribution is 5.44. The van der Waals surface area contributed by atoms with Crippen molar-refractivity contribution >= 4 is 0 Å². The monoisotopic (exact) mass is 278 g/mol. The molecule has 1 fully saturated rings. The fourth-order valence-corrected chi connectivity index (χ4v) is 3.17.